The van der Waals surface area contributed by atoms with E-state index < -0.39 is 5.97 Å². The number of esters is 1. The highest BCUT2D eigenvalue weighted by molar-refractivity contribution is 7.15. The summed E-state index contributed by atoms with van der Waals surface area (Å²) in [5.74, 6) is -0.699. The zero-order valence-electron chi connectivity index (χ0n) is 15.8. The Morgan fingerprint density at radius 3 is 2.29 bits per heavy atom. The highest BCUT2D eigenvalue weighted by atomic mass is 32.1. The van der Waals surface area contributed by atoms with Crippen LogP contribution in [0.25, 0.3) is 11.1 Å². The second-order valence-corrected chi connectivity index (χ2v) is 7.36. The number of hydrogen-bond acceptors (Lipinski definition) is 5. The van der Waals surface area contributed by atoms with Crippen molar-refractivity contribution in [2.75, 3.05) is 32.6 Å². The molecule has 0 spiro atoms. The van der Waals surface area contributed by atoms with Gasteiger partial charge in [0.05, 0.1) is 0 Å². The van der Waals surface area contributed by atoms with Gasteiger partial charge in [-0.1, -0.05) is 48.5 Å². The number of carbonyl (C=O) groups excluding carboxylic acids is 2. The number of carbonyl (C=O) groups is 2. The van der Waals surface area contributed by atoms with Crippen molar-refractivity contribution in [3.63, 3.8) is 0 Å². The third-order valence-electron chi connectivity index (χ3n) is 4.11. The molecule has 28 heavy (non-hydrogen) atoms. The lowest BCUT2D eigenvalue weighted by molar-refractivity contribution is 0.0484. The fourth-order valence-corrected chi connectivity index (χ4v) is 3.59. The fourth-order valence-electron chi connectivity index (χ4n) is 2.64. The largest absolute Gasteiger partial charge is 0.461 e. The molecule has 0 unspecified atom stereocenters. The number of ether oxygens (including phenoxy) is 1. The topological polar surface area (TPSA) is 58.6 Å². The van der Waals surface area contributed by atoms with Crippen molar-refractivity contribution in [1.82, 2.24) is 4.90 Å². The standard InChI is InChI=1S/C22H22N2O3S/c1-24(2)13-14-27-22(26)19-18(16-9-5-3-6-10-16)15-28-21(19)23-20(25)17-11-7-4-8-12-17/h3-12,15H,13-14H2,1-2H3,(H,23,25). The van der Waals surface area contributed by atoms with E-state index in [-0.39, 0.29) is 12.5 Å². The van der Waals surface area contributed by atoms with E-state index in [1.165, 1.54) is 11.3 Å². The maximum absolute atomic E-state index is 12.8. The van der Waals surface area contributed by atoms with Crippen molar-refractivity contribution in [3.8, 4) is 11.1 Å². The lowest BCUT2D eigenvalue weighted by Crippen LogP contribution is -2.21. The molecule has 5 nitrogen and oxygen atoms in total. The van der Waals surface area contributed by atoms with Gasteiger partial charge in [0, 0.05) is 23.1 Å². The highest BCUT2D eigenvalue weighted by Gasteiger charge is 2.23. The van der Waals surface area contributed by atoms with Crippen molar-refractivity contribution in [2.24, 2.45) is 0 Å². The van der Waals surface area contributed by atoms with E-state index in [2.05, 4.69) is 5.32 Å². The van der Waals surface area contributed by atoms with E-state index in [0.29, 0.717) is 22.7 Å². The van der Waals surface area contributed by atoms with E-state index in [1.54, 1.807) is 24.3 Å². The first-order valence-electron chi connectivity index (χ1n) is 8.91. The summed E-state index contributed by atoms with van der Waals surface area (Å²) in [7, 11) is 3.83. The first kappa shape index (κ1) is 19.8. The Hall–Kier alpha value is -2.96. The molecule has 3 rings (SSSR count). The van der Waals surface area contributed by atoms with Crippen LogP contribution in [-0.4, -0.2) is 44.0 Å². The van der Waals surface area contributed by atoms with Gasteiger partial charge in [-0.05, 0) is 31.8 Å². The Labute approximate surface area is 168 Å². The van der Waals surface area contributed by atoms with Crippen molar-refractivity contribution >= 4 is 28.2 Å². The molecule has 1 aromatic heterocycles. The predicted molar refractivity (Wildman–Crippen MR) is 113 cm³/mol. The summed E-state index contributed by atoms with van der Waals surface area (Å²) < 4.78 is 5.46. The Kier molecular flexibility index (Phi) is 6.57. The van der Waals surface area contributed by atoms with Gasteiger partial charge in [0.2, 0.25) is 0 Å². The molecule has 0 fully saturated rings. The molecule has 2 aromatic carbocycles. The molecule has 0 bridgehead atoms. The maximum atomic E-state index is 12.8. The summed E-state index contributed by atoms with van der Waals surface area (Å²) in [6.45, 7) is 0.907. The summed E-state index contributed by atoms with van der Waals surface area (Å²) >= 11 is 1.32. The number of hydrogen-bond donors (Lipinski definition) is 1. The first-order chi connectivity index (χ1) is 13.6. The van der Waals surface area contributed by atoms with Crippen LogP contribution in [0.3, 0.4) is 0 Å². The van der Waals surface area contributed by atoms with Gasteiger partial charge in [0.1, 0.15) is 17.2 Å². The zero-order chi connectivity index (χ0) is 19.9. The molecule has 0 aliphatic rings. The van der Waals surface area contributed by atoms with Gasteiger partial charge in [-0.15, -0.1) is 11.3 Å². The number of amides is 1. The van der Waals surface area contributed by atoms with Crippen molar-refractivity contribution in [1.29, 1.82) is 0 Å². The second-order valence-electron chi connectivity index (χ2n) is 6.48. The van der Waals surface area contributed by atoms with Gasteiger partial charge in [0.25, 0.3) is 5.91 Å². The summed E-state index contributed by atoms with van der Waals surface area (Å²) in [6.07, 6.45) is 0. The molecule has 0 aliphatic heterocycles. The van der Waals surface area contributed by atoms with Gasteiger partial charge in [0.15, 0.2) is 0 Å². The second kappa shape index (κ2) is 9.30. The number of rotatable bonds is 7. The van der Waals surface area contributed by atoms with Crippen LogP contribution in [0.15, 0.2) is 66.0 Å². The molecule has 144 valence electrons. The average molecular weight is 394 g/mol. The van der Waals surface area contributed by atoms with Crippen molar-refractivity contribution < 1.29 is 14.3 Å². The van der Waals surface area contributed by atoms with Crippen molar-refractivity contribution in [3.05, 3.63) is 77.2 Å². The lowest BCUT2D eigenvalue weighted by atomic mass is 10.0. The van der Waals surface area contributed by atoms with Gasteiger partial charge < -0.3 is 15.0 Å². The Bertz CT molecular complexity index is 937. The van der Waals surface area contributed by atoms with Crippen molar-refractivity contribution in [2.45, 2.75) is 0 Å². The number of nitrogens with zero attached hydrogens (tertiary/aromatic N) is 1. The Balaban J connectivity index is 1.90. The van der Waals surface area contributed by atoms with Crippen LogP contribution in [0.5, 0.6) is 0 Å². The van der Waals surface area contributed by atoms with Gasteiger partial charge in [-0.3, -0.25) is 4.79 Å². The normalized spacial score (nSPS) is 10.7. The third-order valence-corrected chi connectivity index (χ3v) is 5.01. The Morgan fingerprint density at radius 2 is 1.64 bits per heavy atom. The number of benzene rings is 2. The van der Waals surface area contributed by atoms with Crippen LogP contribution < -0.4 is 5.32 Å². The summed E-state index contributed by atoms with van der Waals surface area (Å²) in [5, 5.41) is 5.23. The van der Waals surface area contributed by atoms with Crippen LogP contribution in [0, 0.1) is 0 Å². The van der Waals surface area contributed by atoms with Crippen LogP contribution in [0.1, 0.15) is 20.7 Å². The molecular formula is C22H22N2O3S. The Morgan fingerprint density at radius 1 is 1.00 bits per heavy atom. The summed E-state index contributed by atoms with van der Waals surface area (Å²) in [4.78, 5) is 27.4. The van der Waals surface area contributed by atoms with Crippen LogP contribution >= 0.6 is 11.3 Å². The van der Waals surface area contributed by atoms with Crippen LogP contribution in [-0.2, 0) is 4.74 Å². The molecule has 1 amide bonds. The third kappa shape index (κ3) is 4.85. The minimum atomic E-state index is -0.440. The molecular weight excluding hydrogens is 372 g/mol. The van der Waals surface area contributed by atoms with Crippen LogP contribution in [0.2, 0.25) is 0 Å². The first-order valence-corrected chi connectivity index (χ1v) is 9.79. The number of anilines is 1. The molecule has 1 heterocycles. The SMILES string of the molecule is CN(C)CCOC(=O)c1c(-c2ccccc2)csc1NC(=O)c1ccccc1. The minimum absolute atomic E-state index is 0.260. The quantitative estimate of drug-likeness (QED) is 0.604. The average Bonchev–Trinajstić information content (AvgIpc) is 3.12. The lowest BCUT2D eigenvalue weighted by Gasteiger charge is -2.12. The van der Waals surface area contributed by atoms with E-state index in [0.717, 1.165) is 11.1 Å². The number of thiophene rings is 1. The van der Waals surface area contributed by atoms with Crippen LogP contribution in [0.4, 0.5) is 5.00 Å². The van der Waals surface area contributed by atoms with Gasteiger partial charge in [-0.2, -0.15) is 0 Å². The zero-order valence-corrected chi connectivity index (χ0v) is 16.7. The molecule has 1 N–H and O–H groups in total. The highest BCUT2D eigenvalue weighted by Crippen LogP contribution is 2.36. The molecule has 0 aliphatic carbocycles. The molecule has 6 heteroatoms. The van der Waals surface area contributed by atoms with Gasteiger partial charge >= 0.3 is 5.97 Å². The monoisotopic (exact) mass is 394 g/mol. The van der Waals surface area contributed by atoms with E-state index >= 15 is 0 Å². The summed E-state index contributed by atoms with van der Waals surface area (Å²) in [5.41, 5.74) is 2.57. The molecule has 0 saturated heterocycles. The number of likely N-dealkylation sites (N-methyl/N-ethyl adjacent to an activating group) is 1. The number of nitrogens with one attached hydrogen (secondary N) is 1. The smallest absolute Gasteiger partial charge is 0.341 e. The summed E-state index contributed by atoms with van der Waals surface area (Å²) in [6, 6.07) is 18.5. The molecule has 0 atom stereocenters. The van der Waals surface area contributed by atoms with Gasteiger partial charge in [-0.25, -0.2) is 4.79 Å². The van der Waals surface area contributed by atoms with E-state index in [9.17, 15) is 9.59 Å². The predicted octanol–water partition coefficient (Wildman–Crippen LogP) is 4.39. The molecule has 3 aromatic rings. The van der Waals surface area contributed by atoms with E-state index in [4.69, 9.17) is 4.74 Å². The van der Waals surface area contributed by atoms with E-state index in [1.807, 2.05) is 60.8 Å². The minimum Gasteiger partial charge on any atom is -0.461 e. The maximum Gasteiger partial charge on any atom is 0.341 e. The fraction of sp³-hybridized carbons (Fsp3) is 0.182. The molecule has 0 saturated carbocycles. The molecule has 0 radical (unpaired) electrons.